The van der Waals surface area contributed by atoms with Crippen molar-refractivity contribution in [2.24, 2.45) is 5.73 Å². The van der Waals surface area contributed by atoms with Crippen LogP contribution in [0.15, 0.2) is 55.3 Å². The first-order valence-electron chi connectivity index (χ1n) is 7.14. The van der Waals surface area contributed by atoms with E-state index in [4.69, 9.17) is 17.3 Å². The number of aromatic amines is 1. The number of fused-ring (bicyclic) bond motifs is 1. The van der Waals surface area contributed by atoms with Crippen LogP contribution < -0.4 is 11.1 Å². The molecule has 0 aliphatic heterocycles. The Balaban J connectivity index is 2.14. The maximum atomic E-state index is 11.5. The van der Waals surface area contributed by atoms with Crippen molar-refractivity contribution < 1.29 is 9.59 Å². The Morgan fingerprint density at radius 1 is 1.21 bits per heavy atom. The maximum Gasteiger partial charge on any atom is 0.250 e. The Labute approximate surface area is 143 Å². The van der Waals surface area contributed by atoms with E-state index in [1.807, 2.05) is 18.2 Å². The fourth-order valence-corrected chi connectivity index (χ4v) is 2.75. The van der Waals surface area contributed by atoms with Gasteiger partial charge in [0, 0.05) is 11.6 Å². The first-order chi connectivity index (χ1) is 11.5. The summed E-state index contributed by atoms with van der Waals surface area (Å²) in [6.45, 7) is 3.42. The highest BCUT2D eigenvalue weighted by atomic mass is 35.5. The first-order valence-corrected chi connectivity index (χ1v) is 7.52. The van der Waals surface area contributed by atoms with E-state index in [2.05, 4.69) is 16.9 Å². The number of benzene rings is 2. The minimum absolute atomic E-state index is 0.343. The molecule has 0 radical (unpaired) electrons. The molecule has 0 unspecified atom stereocenters. The number of rotatable bonds is 4. The van der Waals surface area contributed by atoms with Crippen molar-refractivity contribution in [2.75, 3.05) is 5.32 Å². The van der Waals surface area contributed by atoms with Crippen molar-refractivity contribution in [3.8, 4) is 11.1 Å². The summed E-state index contributed by atoms with van der Waals surface area (Å²) in [5.41, 5.74) is 8.73. The number of hydrogen-bond acceptors (Lipinski definition) is 2. The van der Waals surface area contributed by atoms with Crippen LogP contribution in [0.3, 0.4) is 0 Å². The summed E-state index contributed by atoms with van der Waals surface area (Å²) in [4.78, 5) is 26.1. The van der Waals surface area contributed by atoms with E-state index in [9.17, 15) is 9.59 Å². The lowest BCUT2D eigenvalue weighted by molar-refractivity contribution is -0.111. The first kappa shape index (κ1) is 15.8. The van der Waals surface area contributed by atoms with Crippen LogP contribution in [0, 0.1) is 0 Å². The summed E-state index contributed by atoms with van der Waals surface area (Å²) in [5, 5.41) is 3.95. The van der Waals surface area contributed by atoms with Gasteiger partial charge in [-0.25, -0.2) is 0 Å². The lowest BCUT2D eigenvalue weighted by atomic mass is 9.98. The van der Waals surface area contributed by atoms with Gasteiger partial charge < -0.3 is 16.0 Å². The largest absolute Gasteiger partial charge is 0.366 e. The number of carbonyl (C=O) groups excluding carboxylic acids is 2. The second kappa shape index (κ2) is 6.22. The second-order valence-electron chi connectivity index (χ2n) is 5.18. The van der Waals surface area contributed by atoms with Crippen LogP contribution in [0.4, 0.5) is 5.69 Å². The van der Waals surface area contributed by atoms with E-state index < -0.39 is 5.91 Å². The monoisotopic (exact) mass is 339 g/mol. The van der Waals surface area contributed by atoms with Crippen molar-refractivity contribution in [1.29, 1.82) is 0 Å². The van der Waals surface area contributed by atoms with Gasteiger partial charge in [0.15, 0.2) is 0 Å². The standard InChI is InChI=1S/C18H14ClN3O2/c1-2-16(23)22-15-9-10(3-6-14(15)19)11-4-5-13(18(20)24)17-12(11)7-8-21-17/h2-9,21H,1H2,(H2,20,24)(H,22,23). The van der Waals surface area contributed by atoms with Crippen molar-refractivity contribution in [1.82, 2.24) is 4.98 Å². The van der Waals surface area contributed by atoms with Gasteiger partial charge in [0.1, 0.15) is 0 Å². The highest BCUT2D eigenvalue weighted by Gasteiger charge is 2.13. The molecule has 0 atom stereocenters. The summed E-state index contributed by atoms with van der Waals surface area (Å²) in [6.07, 6.45) is 2.92. The molecule has 3 aromatic rings. The zero-order valence-corrected chi connectivity index (χ0v) is 13.4. The number of aromatic nitrogens is 1. The normalized spacial score (nSPS) is 10.5. The third-order valence-electron chi connectivity index (χ3n) is 3.71. The molecule has 0 aliphatic carbocycles. The molecule has 0 spiro atoms. The molecule has 0 saturated heterocycles. The van der Waals surface area contributed by atoms with Crippen LogP contribution in [0.5, 0.6) is 0 Å². The molecule has 0 fully saturated rings. The molecule has 1 heterocycles. The van der Waals surface area contributed by atoms with Crippen LogP contribution in [0.1, 0.15) is 10.4 Å². The highest BCUT2D eigenvalue weighted by Crippen LogP contribution is 2.34. The summed E-state index contributed by atoms with van der Waals surface area (Å²) >= 11 is 6.13. The van der Waals surface area contributed by atoms with Gasteiger partial charge in [-0.3, -0.25) is 9.59 Å². The Hall–Kier alpha value is -3.05. The number of amides is 2. The second-order valence-corrected chi connectivity index (χ2v) is 5.59. The number of carbonyl (C=O) groups is 2. The average molecular weight is 340 g/mol. The smallest absolute Gasteiger partial charge is 0.250 e. The van der Waals surface area contributed by atoms with Crippen LogP contribution in [0.25, 0.3) is 22.0 Å². The molecular weight excluding hydrogens is 326 g/mol. The van der Waals surface area contributed by atoms with Gasteiger partial charge in [0.05, 0.1) is 21.8 Å². The van der Waals surface area contributed by atoms with E-state index in [1.165, 1.54) is 6.08 Å². The zero-order valence-electron chi connectivity index (χ0n) is 12.6. The van der Waals surface area contributed by atoms with E-state index in [0.29, 0.717) is 21.8 Å². The van der Waals surface area contributed by atoms with Gasteiger partial charge in [-0.1, -0.05) is 30.3 Å². The number of nitrogens with one attached hydrogen (secondary N) is 2. The molecule has 3 rings (SSSR count). The quantitative estimate of drug-likeness (QED) is 0.633. The summed E-state index contributed by atoms with van der Waals surface area (Å²) in [5.74, 6) is -0.839. The predicted octanol–water partition coefficient (Wildman–Crippen LogP) is 3.71. The van der Waals surface area contributed by atoms with Crippen LogP contribution in [-0.2, 0) is 4.79 Å². The number of primary amides is 1. The molecule has 0 saturated carbocycles. The average Bonchev–Trinajstić information content (AvgIpc) is 3.05. The third kappa shape index (κ3) is 2.77. The minimum Gasteiger partial charge on any atom is -0.366 e. The molecule has 2 amide bonds. The van der Waals surface area contributed by atoms with Crippen molar-refractivity contribution in [3.63, 3.8) is 0 Å². The van der Waals surface area contributed by atoms with Gasteiger partial charge in [-0.2, -0.15) is 0 Å². The summed E-state index contributed by atoms with van der Waals surface area (Å²) in [6, 6.07) is 10.7. The lowest BCUT2D eigenvalue weighted by Crippen LogP contribution is -2.11. The van der Waals surface area contributed by atoms with Crippen molar-refractivity contribution in [2.45, 2.75) is 0 Å². The molecule has 1 aromatic heterocycles. The van der Waals surface area contributed by atoms with Crippen molar-refractivity contribution in [3.05, 3.63) is 65.8 Å². The summed E-state index contributed by atoms with van der Waals surface area (Å²) in [7, 11) is 0. The SMILES string of the molecule is C=CC(=O)Nc1cc(-c2ccc(C(N)=O)c3[nH]ccc23)ccc1Cl. The third-order valence-corrected chi connectivity index (χ3v) is 4.04. The maximum absolute atomic E-state index is 11.5. The Morgan fingerprint density at radius 2 is 2.00 bits per heavy atom. The van der Waals surface area contributed by atoms with Gasteiger partial charge in [0.25, 0.3) is 5.91 Å². The number of hydrogen-bond donors (Lipinski definition) is 3. The molecular formula is C18H14ClN3O2. The molecule has 0 bridgehead atoms. The van der Waals surface area contributed by atoms with E-state index in [0.717, 1.165) is 16.5 Å². The minimum atomic E-state index is -0.496. The van der Waals surface area contributed by atoms with Crippen LogP contribution >= 0.6 is 11.6 Å². The predicted molar refractivity (Wildman–Crippen MR) is 96.1 cm³/mol. The number of anilines is 1. The molecule has 0 aliphatic rings. The van der Waals surface area contributed by atoms with Gasteiger partial charge in [-0.15, -0.1) is 0 Å². The van der Waals surface area contributed by atoms with E-state index in [-0.39, 0.29) is 5.91 Å². The Morgan fingerprint density at radius 3 is 2.71 bits per heavy atom. The topological polar surface area (TPSA) is 88.0 Å². The van der Waals surface area contributed by atoms with Gasteiger partial charge in [-0.05, 0) is 41.5 Å². The fourth-order valence-electron chi connectivity index (χ4n) is 2.59. The highest BCUT2D eigenvalue weighted by molar-refractivity contribution is 6.34. The van der Waals surface area contributed by atoms with Crippen LogP contribution in [-0.4, -0.2) is 16.8 Å². The van der Waals surface area contributed by atoms with E-state index >= 15 is 0 Å². The summed E-state index contributed by atoms with van der Waals surface area (Å²) < 4.78 is 0. The number of nitrogens with two attached hydrogens (primary N) is 1. The Kier molecular flexibility index (Phi) is 4.10. The lowest BCUT2D eigenvalue weighted by Gasteiger charge is -2.10. The zero-order chi connectivity index (χ0) is 17.3. The molecule has 2 aromatic carbocycles. The number of H-pyrrole nitrogens is 1. The molecule has 4 N–H and O–H groups in total. The van der Waals surface area contributed by atoms with Gasteiger partial charge in [0.2, 0.25) is 5.91 Å². The fraction of sp³-hybridized carbons (Fsp3) is 0. The molecule has 120 valence electrons. The number of halogens is 1. The Bertz CT molecular complexity index is 976. The molecule has 24 heavy (non-hydrogen) atoms. The van der Waals surface area contributed by atoms with E-state index in [1.54, 1.807) is 24.4 Å². The van der Waals surface area contributed by atoms with Crippen molar-refractivity contribution >= 4 is 40.0 Å². The van der Waals surface area contributed by atoms with Gasteiger partial charge >= 0.3 is 0 Å². The molecule has 6 heteroatoms. The molecule has 5 nitrogen and oxygen atoms in total. The van der Waals surface area contributed by atoms with Crippen LogP contribution in [0.2, 0.25) is 5.02 Å².